The molecular formula is C14H20O2. The highest BCUT2D eigenvalue weighted by Crippen LogP contribution is 2.10. The fourth-order valence-electron chi connectivity index (χ4n) is 1.29. The lowest BCUT2D eigenvalue weighted by Gasteiger charge is -2.18. The zero-order valence-electron chi connectivity index (χ0n) is 10.5. The van der Waals surface area contributed by atoms with E-state index < -0.39 is 0 Å². The van der Waals surface area contributed by atoms with Crippen LogP contribution in [0.15, 0.2) is 24.3 Å². The average Bonchev–Trinajstić information content (AvgIpc) is 2.25. The number of carbonyl (C=O) groups is 1. The van der Waals surface area contributed by atoms with E-state index in [1.165, 1.54) is 5.56 Å². The van der Waals surface area contributed by atoms with Gasteiger partial charge in [-0.3, -0.25) is 4.79 Å². The molecular weight excluding hydrogens is 200 g/mol. The van der Waals surface area contributed by atoms with Crippen molar-refractivity contribution in [1.29, 1.82) is 0 Å². The Bertz CT molecular complexity index is 344. The van der Waals surface area contributed by atoms with Crippen molar-refractivity contribution in [3.8, 4) is 0 Å². The Morgan fingerprint density at radius 2 is 1.75 bits per heavy atom. The van der Waals surface area contributed by atoms with Crippen molar-refractivity contribution < 1.29 is 9.53 Å². The molecule has 0 unspecified atom stereocenters. The number of ether oxygens (including phenoxy) is 1. The standard InChI is InChI=1S/C14H20O2/c1-5-11-6-8-12(9-7-11)13(15)10-16-14(2,3)4/h6-9H,5,10H2,1-4H3. The second-order valence-corrected chi connectivity index (χ2v) is 4.87. The zero-order chi connectivity index (χ0) is 12.2. The number of carbonyl (C=O) groups excluding carboxylic acids is 1. The zero-order valence-corrected chi connectivity index (χ0v) is 10.5. The van der Waals surface area contributed by atoms with Gasteiger partial charge in [-0.2, -0.15) is 0 Å². The third-order valence-electron chi connectivity index (χ3n) is 2.32. The quantitative estimate of drug-likeness (QED) is 0.728. The highest BCUT2D eigenvalue weighted by molar-refractivity contribution is 5.97. The van der Waals surface area contributed by atoms with Gasteiger partial charge in [0.1, 0.15) is 6.61 Å². The lowest BCUT2D eigenvalue weighted by atomic mass is 10.1. The van der Waals surface area contributed by atoms with E-state index in [0.29, 0.717) is 0 Å². The molecule has 1 aromatic rings. The molecule has 0 amide bonds. The maximum Gasteiger partial charge on any atom is 0.188 e. The number of hydrogen-bond acceptors (Lipinski definition) is 2. The molecule has 0 fully saturated rings. The van der Waals surface area contributed by atoms with Crippen LogP contribution in [0.5, 0.6) is 0 Å². The highest BCUT2D eigenvalue weighted by atomic mass is 16.5. The van der Waals surface area contributed by atoms with Gasteiger partial charge in [0.15, 0.2) is 5.78 Å². The van der Waals surface area contributed by atoms with Crippen LogP contribution in [-0.4, -0.2) is 18.0 Å². The largest absolute Gasteiger partial charge is 0.368 e. The molecule has 16 heavy (non-hydrogen) atoms. The topological polar surface area (TPSA) is 26.3 Å². The maximum atomic E-state index is 11.8. The third kappa shape index (κ3) is 4.15. The lowest BCUT2D eigenvalue weighted by Crippen LogP contribution is -2.23. The molecule has 0 aliphatic rings. The van der Waals surface area contributed by atoms with E-state index in [0.717, 1.165) is 12.0 Å². The average molecular weight is 220 g/mol. The van der Waals surface area contributed by atoms with Gasteiger partial charge in [0.2, 0.25) is 0 Å². The van der Waals surface area contributed by atoms with Crippen LogP contribution in [-0.2, 0) is 11.2 Å². The molecule has 0 N–H and O–H groups in total. The molecule has 88 valence electrons. The Kier molecular flexibility index (Phi) is 4.25. The van der Waals surface area contributed by atoms with Gasteiger partial charge in [-0.05, 0) is 32.8 Å². The van der Waals surface area contributed by atoms with E-state index in [1.54, 1.807) is 0 Å². The molecule has 1 aromatic carbocycles. The number of benzene rings is 1. The van der Waals surface area contributed by atoms with Gasteiger partial charge in [0, 0.05) is 5.56 Å². The summed E-state index contributed by atoms with van der Waals surface area (Å²) in [5.74, 6) is 0.0394. The first-order valence-electron chi connectivity index (χ1n) is 5.68. The first-order chi connectivity index (χ1) is 7.42. The summed E-state index contributed by atoms with van der Waals surface area (Å²) in [6.45, 7) is 8.08. The summed E-state index contributed by atoms with van der Waals surface area (Å²) < 4.78 is 5.45. The fraction of sp³-hybridized carbons (Fsp3) is 0.500. The molecule has 0 saturated heterocycles. The summed E-state index contributed by atoms with van der Waals surface area (Å²) in [6, 6.07) is 7.72. The summed E-state index contributed by atoms with van der Waals surface area (Å²) in [4.78, 5) is 11.8. The smallest absolute Gasteiger partial charge is 0.188 e. The third-order valence-corrected chi connectivity index (χ3v) is 2.32. The van der Waals surface area contributed by atoms with E-state index >= 15 is 0 Å². The number of rotatable bonds is 4. The molecule has 0 saturated carbocycles. The Labute approximate surface area is 97.6 Å². The van der Waals surface area contributed by atoms with E-state index in [1.807, 2.05) is 45.0 Å². The van der Waals surface area contributed by atoms with Crippen molar-refractivity contribution >= 4 is 5.78 Å². The maximum absolute atomic E-state index is 11.8. The summed E-state index contributed by atoms with van der Waals surface area (Å²) >= 11 is 0. The Balaban J connectivity index is 2.59. The predicted molar refractivity (Wildman–Crippen MR) is 65.9 cm³/mol. The molecule has 2 heteroatoms. The molecule has 0 atom stereocenters. The van der Waals surface area contributed by atoms with Crippen LogP contribution in [0.25, 0.3) is 0 Å². The van der Waals surface area contributed by atoms with Crippen molar-refractivity contribution in [2.75, 3.05) is 6.61 Å². The fourth-order valence-corrected chi connectivity index (χ4v) is 1.29. The van der Waals surface area contributed by atoms with Gasteiger partial charge in [0.25, 0.3) is 0 Å². The normalized spacial score (nSPS) is 11.5. The van der Waals surface area contributed by atoms with Crippen LogP contribution in [0.2, 0.25) is 0 Å². The van der Waals surface area contributed by atoms with Crippen molar-refractivity contribution in [2.45, 2.75) is 39.7 Å². The van der Waals surface area contributed by atoms with Gasteiger partial charge in [-0.15, -0.1) is 0 Å². The van der Waals surface area contributed by atoms with Gasteiger partial charge < -0.3 is 4.74 Å². The van der Waals surface area contributed by atoms with Crippen LogP contribution in [0, 0.1) is 0 Å². The first kappa shape index (κ1) is 12.9. The number of hydrogen-bond donors (Lipinski definition) is 0. The monoisotopic (exact) mass is 220 g/mol. The summed E-state index contributed by atoms with van der Waals surface area (Å²) in [5.41, 5.74) is 1.70. The number of aryl methyl sites for hydroxylation is 1. The molecule has 1 rings (SSSR count). The van der Waals surface area contributed by atoms with Gasteiger partial charge >= 0.3 is 0 Å². The Morgan fingerprint density at radius 3 is 2.19 bits per heavy atom. The molecule has 0 bridgehead atoms. The second kappa shape index (κ2) is 5.26. The molecule has 0 aliphatic heterocycles. The van der Waals surface area contributed by atoms with Crippen molar-refractivity contribution in [1.82, 2.24) is 0 Å². The minimum absolute atomic E-state index is 0.0394. The van der Waals surface area contributed by atoms with Crippen molar-refractivity contribution in [3.05, 3.63) is 35.4 Å². The summed E-state index contributed by atoms with van der Waals surface area (Å²) in [7, 11) is 0. The van der Waals surface area contributed by atoms with Crippen molar-refractivity contribution in [2.24, 2.45) is 0 Å². The minimum atomic E-state index is -0.265. The molecule has 0 aliphatic carbocycles. The second-order valence-electron chi connectivity index (χ2n) is 4.87. The Hall–Kier alpha value is -1.15. The summed E-state index contributed by atoms with van der Waals surface area (Å²) in [6.07, 6.45) is 0.993. The number of Topliss-reactive ketones (excluding diaryl/α,β-unsaturated/α-hetero) is 1. The lowest BCUT2D eigenvalue weighted by molar-refractivity contribution is 0.00306. The summed E-state index contributed by atoms with van der Waals surface area (Å²) in [5, 5.41) is 0. The van der Waals surface area contributed by atoms with Crippen LogP contribution in [0.1, 0.15) is 43.6 Å². The van der Waals surface area contributed by atoms with E-state index in [4.69, 9.17) is 4.74 Å². The van der Waals surface area contributed by atoms with E-state index in [2.05, 4.69) is 6.92 Å². The molecule has 0 heterocycles. The molecule has 0 spiro atoms. The number of ketones is 1. The SMILES string of the molecule is CCc1ccc(C(=O)COC(C)(C)C)cc1. The molecule has 0 radical (unpaired) electrons. The Morgan fingerprint density at radius 1 is 1.19 bits per heavy atom. The van der Waals surface area contributed by atoms with Gasteiger partial charge in [0.05, 0.1) is 5.60 Å². The van der Waals surface area contributed by atoms with Crippen molar-refractivity contribution in [3.63, 3.8) is 0 Å². The van der Waals surface area contributed by atoms with E-state index in [9.17, 15) is 4.79 Å². The van der Waals surface area contributed by atoms with Gasteiger partial charge in [-0.25, -0.2) is 0 Å². The van der Waals surface area contributed by atoms with E-state index in [-0.39, 0.29) is 18.0 Å². The molecule has 2 nitrogen and oxygen atoms in total. The van der Waals surface area contributed by atoms with Crippen LogP contribution in [0.3, 0.4) is 0 Å². The highest BCUT2D eigenvalue weighted by Gasteiger charge is 2.13. The van der Waals surface area contributed by atoms with Crippen LogP contribution < -0.4 is 0 Å². The predicted octanol–water partition coefficient (Wildman–Crippen LogP) is 3.25. The van der Waals surface area contributed by atoms with Crippen LogP contribution >= 0.6 is 0 Å². The molecule has 0 aromatic heterocycles. The van der Waals surface area contributed by atoms with Gasteiger partial charge in [-0.1, -0.05) is 31.2 Å². The van der Waals surface area contributed by atoms with Crippen LogP contribution in [0.4, 0.5) is 0 Å². The minimum Gasteiger partial charge on any atom is -0.368 e. The first-order valence-corrected chi connectivity index (χ1v) is 5.68.